The van der Waals surface area contributed by atoms with Crippen LogP contribution >= 0.6 is 0 Å². The van der Waals surface area contributed by atoms with E-state index in [1.54, 1.807) is 0 Å². The van der Waals surface area contributed by atoms with Crippen LogP contribution in [0.1, 0.15) is 11.1 Å². The largest absolute Gasteiger partial charge is 0.369 e. The lowest BCUT2D eigenvalue weighted by Gasteiger charge is -2.36. The minimum atomic E-state index is 1.02. The molecule has 0 radical (unpaired) electrons. The number of rotatable bonds is 4. The molecule has 0 saturated carbocycles. The Kier molecular flexibility index (Phi) is 5.03. The third-order valence-electron chi connectivity index (χ3n) is 5.27. The Hall–Kier alpha value is -2.58. The highest BCUT2D eigenvalue weighted by atomic mass is 15.3. The van der Waals surface area contributed by atoms with E-state index in [1.807, 2.05) is 0 Å². The van der Waals surface area contributed by atoms with Crippen LogP contribution in [-0.4, -0.2) is 31.1 Å². The van der Waals surface area contributed by atoms with Crippen LogP contribution in [0.4, 0.5) is 5.69 Å². The third kappa shape index (κ3) is 3.81. The van der Waals surface area contributed by atoms with Gasteiger partial charge in [0.05, 0.1) is 0 Å². The van der Waals surface area contributed by atoms with Crippen molar-refractivity contribution in [3.05, 3.63) is 90.0 Å². The fourth-order valence-electron chi connectivity index (χ4n) is 3.72. The number of aryl methyl sites for hydroxylation is 1. The number of benzene rings is 3. The van der Waals surface area contributed by atoms with Crippen LogP contribution in [-0.2, 0) is 6.54 Å². The van der Waals surface area contributed by atoms with Gasteiger partial charge in [0.1, 0.15) is 0 Å². The van der Waals surface area contributed by atoms with Gasteiger partial charge in [-0.2, -0.15) is 0 Å². The summed E-state index contributed by atoms with van der Waals surface area (Å²) in [5.41, 5.74) is 6.74. The molecule has 2 nitrogen and oxygen atoms in total. The van der Waals surface area contributed by atoms with E-state index in [-0.39, 0.29) is 0 Å². The summed E-state index contributed by atoms with van der Waals surface area (Å²) < 4.78 is 0. The number of hydrogen-bond acceptors (Lipinski definition) is 2. The number of piperazine rings is 1. The molecule has 3 aromatic rings. The SMILES string of the molecule is Cc1ccc(-c2ccccc2CN2CCN(c3ccccc3)CC2)cc1. The maximum absolute atomic E-state index is 2.58. The zero-order chi connectivity index (χ0) is 17.8. The van der Waals surface area contributed by atoms with Gasteiger partial charge in [0.15, 0.2) is 0 Å². The highest BCUT2D eigenvalue weighted by Crippen LogP contribution is 2.26. The Morgan fingerprint density at radius 3 is 2.08 bits per heavy atom. The molecule has 1 saturated heterocycles. The summed E-state index contributed by atoms with van der Waals surface area (Å²) in [6, 6.07) is 28.5. The standard InChI is InChI=1S/C24H26N2/c1-20-11-13-21(14-12-20)24-10-6-5-7-22(24)19-25-15-17-26(18-16-25)23-8-3-2-4-9-23/h2-14H,15-19H2,1H3. The van der Waals surface area contributed by atoms with E-state index in [0.717, 1.165) is 32.7 Å². The fraction of sp³-hybridized carbons (Fsp3) is 0.250. The molecule has 26 heavy (non-hydrogen) atoms. The van der Waals surface area contributed by atoms with Crippen molar-refractivity contribution in [1.82, 2.24) is 4.90 Å². The van der Waals surface area contributed by atoms with E-state index in [2.05, 4.69) is 95.6 Å². The van der Waals surface area contributed by atoms with Crippen molar-refractivity contribution in [2.45, 2.75) is 13.5 Å². The zero-order valence-corrected chi connectivity index (χ0v) is 15.4. The van der Waals surface area contributed by atoms with Crippen LogP contribution < -0.4 is 4.90 Å². The van der Waals surface area contributed by atoms with Gasteiger partial charge in [-0.05, 0) is 35.7 Å². The Labute approximate surface area is 156 Å². The minimum absolute atomic E-state index is 1.02. The van der Waals surface area contributed by atoms with Crippen molar-refractivity contribution in [2.24, 2.45) is 0 Å². The van der Waals surface area contributed by atoms with E-state index in [0.29, 0.717) is 0 Å². The first kappa shape index (κ1) is 16.9. The average molecular weight is 342 g/mol. The lowest BCUT2D eigenvalue weighted by atomic mass is 9.98. The summed E-state index contributed by atoms with van der Waals surface area (Å²) in [6.45, 7) is 7.57. The van der Waals surface area contributed by atoms with E-state index >= 15 is 0 Å². The molecule has 1 aliphatic rings. The second kappa shape index (κ2) is 7.76. The van der Waals surface area contributed by atoms with E-state index in [1.165, 1.54) is 27.9 Å². The minimum Gasteiger partial charge on any atom is -0.369 e. The molecule has 0 aromatic heterocycles. The molecule has 132 valence electrons. The molecule has 0 aliphatic carbocycles. The Morgan fingerprint density at radius 1 is 0.692 bits per heavy atom. The number of para-hydroxylation sites is 1. The maximum atomic E-state index is 2.58. The summed E-state index contributed by atoms with van der Waals surface area (Å²) in [7, 11) is 0. The lowest BCUT2D eigenvalue weighted by Crippen LogP contribution is -2.46. The van der Waals surface area contributed by atoms with Gasteiger partial charge in [0.2, 0.25) is 0 Å². The van der Waals surface area contributed by atoms with Crippen molar-refractivity contribution < 1.29 is 0 Å². The Balaban J connectivity index is 1.45. The zero-order valence-electron chi connectivity index (χ0n) is 15.4. The second-order valence-electron chi connectivity index (χ2n) is 7.12. The number of hydrogen-bond donors (Lipinski definition) is 0. The van der Waals surface area contributed by atoms with Crippen molar-refractivity contribution in [2.75, 3.05) is 31.1 Å². The summed E-state index contributed by atoms with van der Waals surface area (Å²) in [5.74, 6) is 0. The van der Waals surface area contributed by atoms with Crippen molar-refractivity contribution >= 4 is 5.69 Å². The van der Waals surface area contributed by atoms with Crippen LogP contribution in [0.25, 0.3) is 11.1 Å². The summed E-state index contributed by atoms with van der Waals surface area (Å²) in [6.07, 6.45) is 0. The van der Waals surface area contributed by atoms with Crippen molar-refractivity contribution in [1.29, 1.82) is 0 Å². The van der Waals surface area contributed by atoms with Gasteiger partial charge in [0.25, 0.3) is 0 Å². The predicted molar refractivity (Wildman–Crippen MR) is 111 cm³/mol. The summed E-state index contributed by atoms with van der Waals surface area (Å²) in [5, 5.41) is 0. The molecule has 4 rings (SSSR count). The van der Waals surface area contributed by atoms with Crippen LogP contribution in [0.3, 0.4) is 0 Å². The van der Waals surface area contributed by atoms with E-state index in [4.69, 9.17) is 0 Å². The Bertz CT molecular complexity index is 832. The van der Waals surface area contributed by atoms with Gasteiger partial charge >= 0.3 is 0 Å². The molecule has 2 heteroatoms. The van der Waals surface area contributed by atoms with E-state index < -0.39 is 0 Å². The summed E-state index contributed by atoms with van der Waals surface area (Å²) in [4.78, 5) is 5.06. The molecular formula is C24H26N2. The molecular weight excluding hydrogens is 316 g/mol. The van der Waals surface area contributed by atoms with Crippen molar-refractivity contribution in [3.8, 4) is 11.1 Å². The monoisotopic (exact) mass is 342 g/mol. The van der Waals surface area contributed by atoms with Crippen molar-refractivity contribution in [3.63, 3.8) is 0 Å². The first-order valence-corrected chi connectivity index (χ1v) is 9.47. The average Bonchev–Trinajstić information content (AvgIpc) is 2.70. The highest BCUT2D eigenvalue weighted by Gasteiger charge is 2.18. The lowest BCUT2D eigenvalue weighted by molar-refractivity contribution is 0.250. The van der Waals surface area contributed by atoms with Crippen LogP contribution in [0, 0.1) is 6.92 Å². The molecule has 0 N–H and O–H groups in total. The van der Waals surface area contributed by atoms with Gasteiger partial charge in [-0.15, -0.1) is 0 Å². The smallest absolute Gasteiger partial charge is 0.0367 e. The van der Waals surface area contributed by atoms with Gasteiger partial charge in [-0.25, -0.2) is 0 Å². The topological polar surface area (TPSA) is 6.48 Å². The molecule has 0 amide bonds. The second-order valence-corrected chi connectivity index (χ2v) is 7.12. The number of nitrogens with zero attached hydrogens (tertiary/aromatic N) is 2. The van der Waals surface area contributed by atoms with Gasteiger partial charge in [0, 0.05) is 38.4 Å². The highest BCUT2D eigenvalue weighted by molar-refractivity contribution is 5.67. The van der Waals surface area contributed by atoms with Gasteiger partial charge in [-0.3, -0.25) is 4.90 Å². The normalized spacial score (nSPS) is 15.2. The number of anilines is 1. The molecule has 0 unspecified atom stereocenters. The molecule has 0 atom stereocenters. The van der Waals surface area contributed by atoms with Crippen LogP contribution in [0.2, 0.25) is 0 Å². The third-order valence-corrected chi connectivity index (χ3v) is 5.27. The summed E-state index contributed by atoms with van der Waals surface area (Å²) >= 11 is 0. The molecule has 0 spiro atoms. The quantitative estimate of drug-likeness (QED) is 0.659. The van der Waals surface area contributed by atoms with Crippen LogP contribution in [0.15, 0.2) is 78.9 Å². The fourth-order valence-corrected chi connectivity index (χ4v) is 3.72. The van der Waals surface area contributed by atoms with E-state index in [9.17, 15) is 0 Å². The van der Waals surface area contributed by atoms with Gasteiger partial charge < -0.3 is 4.90 Å². The molecule has 1 heterocycles. The first-order valence-electron chi connectivity index (χ1n) is 9.47. The Morgan fingerprint density at radius 2 is 1.35 bits per heavy atom. The molecule has 1 fully saturated rings. The molecule has 3 aromatic carbocycles. The molecule has 1 aliphatic heterocycles. The van der Waals surface area contributed by atoms with Gasteiger partial charge in [-0.1, -0.05) is 72.3 Å². The first-order chi connectivity index (χ1) is 12.8. The maximum Gasteiger partial charge on any atom is 0.0367 e. The van der Waals surface area contributed by atoms with Crippen LogP contribution in [0.5, 0.6) is 0 Å². The molecule has 0 bridgehead atoms. The predicted octanol–water partition coefficient (Wildman–Crippen LogP) is 4.98.